The molecule has 1 aliphatic carbocycles. The number of rotatable bonds is 7. The number of carbonyl (C=O) groups excluding carboxylic acids is 2. The summed E-state index contributed by atoms with van der Waals surface area (Å²) in [5.41, 5.74) is 0. The van der Waals surface area contributed by atoms with Gasteiger partial charge in [0.1, 0.15) is 11.9 Å². The van der Waals surface area contributed by atoms with Crippen LogP contribution in [0.15, 0.2) is 0 Å². The highest BCUT2D eigenvalue weighted by atomic mass is 16.5. The molecule has 0 heterocycles. The lowest BCUT2D eigenvalue weighted by atomic mass is 9.97. The van der Waals surface area contributed by atoms with Gasteiger partial charge in [-0.3, -0.25) is 9.59 Å². The van der Waals surface area contributed by atoms with E-state index < -0.39 is 0 Å². The molecular formula is C14H24O3. The van der Waals surface area contributed by atoms with E-state index in [2.05, 4.69) is 6.92 Å². The number of ether oxygens (including phenoxy) is 1. The summed E-state index contributed by atoms with van der Waals surface area (Å²) in [5, 5.41) is 0. The van der Waals surface area contributed by atoms with E-state index >= 15 is 0 Å². The summed E-state index contributed by atoms with van der Waals surface area (Å²) in [5.74, 6) is 0.116. The predicted molar refractivity (Wildman–Crippen MR) is 66.7 cm³/mol. The third kappa shape index (κ3) is 4.49. The molecule has 0 radical (unpaired) electrons. The van der Waals surface area contributed by atoms with Crippen LogP contribution >= 0.6 is 0 Å². The van der Waals surface area contributed by atoms with Crippen molar-refractivity contribution < 1.29 is 14.3 Å². The van der Waals surface area contributed by atoms with Crippen LogP contribution in [0.4, 0.5) is 0 Å². The van der Waals surface area contributed by atoms with Crippen LogP contribution in [0.3, 0.4) is 0 Å². The molecule has 0 aliphatic heterocycles. The van der Waals surface area contributed by atoms with Crippen LogP contribution in [-0.4, -0.2) is 17.9 Å². The Bertz CT molecular complexity index is 260. The molecule has 0 bridgehead atoms. The van der Waals surface area contributed by atoms with E-state index in [1.165, 1.54) is 0 Å². The molecule has 3 nitrogen and oxygen atoms in total. The zero-order valence-corrected chi connectivity index (χ0v) is 11.0. The first kappa shape index (κ1) is 14.2. The zero-order valence-electron chi connectivity index (χ0n) is 11.0. The van der Waals surface area contributed by atoms with Crippen LogP contribution in [0.1, 0.15) is 65.2 Å². The van der Waals surface area contributed by atoms with E-state index in [9.17, 15) is 9.59 Å². The Balaban J connectivity index is 2.41. The van der Waals surface area contributed by atoms with Gasteiger partial charge < -0.3 is 4.74 Å². The highest BCUT2D eigenvalue weighted by molar-refractivity contribution is 5.84. The van der Waals surface area contributed by atoms with Crippen LogP contribution < -0.4 is 0 Å². The smallest absolute Gasteiger partial charge is 0.306 e. The van der Waals surface area contributed by atoms with Gasteiger partial charge in [-0.15, -0.1) is 0 Å². The average molecular weight is 240 g/mol. The maximum atomic E-state index is 11.7. The Hall–Kier alpha value is -0.860. The molecule has 1 rings (SSSR count). The van der Waals surface area contributed by atoms with Crippen LogP contribution in [0.25, 0.3) is 0 Å². The lowest BCUT2D eigenvalue weighted by Crippen LogP contribution is -2.25. The fourth-order valence-electron chi connectivity index (χ4n) is 2.41. The SMILES string of the molecule is CCCCCC1C(=O)CCC1OC(=O)CCC. The van der Waals surface area contributed by atoms with Gasteiger partial charge in [0.15, 0.2) is 0 Å². The number of esters is 1. The highest BCUT2D eigenvalue weighted by Gasteiger charge is 2.36. The van der Waals surface area contributed by atoms with Crippen LogP contribution in [-0.2, 0) is 14.3 Å². The van der Waals surface area contributed by atoms with E-state index in [1.807, 2.05) is 6.92 Å². The lowest BCUT2D eigenvalue weighted by molar-refractivity contribution is -0.151. The number of unbranched alkanes of at least 4 members (excludes halogenated alkanes) is 2. The largest absolute Gasteiger partial charge is 0.462 e. The second-order valence-corrected chi connectivity index (χ2v) is 4.89. The normalized spacial score (nSPS) is 24.0. The highest BCUT2D eigenvalue weighted by Crippen LogP contribution is 2.29. The Labute approximate surface area is 104 Å². The van der Waals surface area contributed by atoms with Crippen molar-refractivity contribution in [2.45, 2.75) is 71.3 Å². The quantitative estimate of drug-likeness (QED) is 0.507. The fraction of sp³-hybridized carbons (Fsp3) is 0.857. The van der Waals surface area contributed by atoms with Gasteiger partial charge in [0.25, 0.3) is 0 Å². The van der Waals surface area contributed by atoms with Gasteiger partial charge in [-0.25, -0.2) is 0 Å². The Kier molecular flexibility index (Phi) is 6.23. The van der Waals surface area contributed by atoms with Gasteiger partial charge >= 0.3 is 5.97 Å². The summed E-state index contributed by atoms with van der Waals surface area (Å²) in [6.07, 6.45) is 6.70. The first-order chi connectivity index (χ1) is 8.19. The van der Waals surface area contributed by atoms with E-state index in [-0.39, 0.29) is 23.8 Å². The molecule has 17 heavy (non-hydrogen) atoms. The molecule has 98 valence electrons. The summed E-state index contributed by atoms with van der Waals surface area (Å²) in [6, 6.07) is 0. The molecule has 0 aromatic carbocycles. The molecule has 1 aliphatic rings. The van der Waals surface area contributed by atoms with Gasteiger partial charge in [0.2, 0.25) is 0 Å². The summed E-state index contributed by atoms with van der Waals surface area (Å²) in [4.78, 5) is 23.2. The van der Waals surface area contributed by atoms with Gasteiger partial charge in [-0.05, 0) is 19.3 Å². The number of hydrogen-bond donors (Lipinski definition) is 0. The Morgan fingerprint density at radius 1 is 1.29 bits per heavy atom. The van der Waals surface area contributed by atoms with Crippen molar-refractivity contribution in [2.75, 3.05) is 0 Å². The minimum absolute atomic E-state index is 0.0256. The van der Waals surface area contributed by atoms with Gasteiger partial charge in [0, 0.05) is 12.8 Å². The van der Waals surface area contributed by atoms with Crippen molar-refractivity contribution in [2.24, 2.45) is 5.92 Å². The van der Waals surface area contributed by atoms with Crippen molar-refractivity contribution in [3.63, 3.8) is 0 Å². The number of ketones is 1. The van der Waals surface area contributed by atoms with Gasteiger partial charge in [-0.2, -0.15) is 0 Å². The average Bonchev–Trinajstić information content (AvgIpc) is 2.62. The first-order valence-electron chi connectivity index (χ1n) is 6.91. The second-order valence-electron chi connectivity index (χ2n) is 4.89. The molecule has 1 saturated carbocycles. The third-order valence-electron chi connectivity index (χ3n) is 3.39. The minimum Gasteiger partial charge on any atom is -0.462 e. The van der Waals surface area contributed by atoms with Crippen LogP contribution in [0.2, 0.25) is 0 Å². The molecule has 0 spiro atoms. The van der Waals surface area contributed by atoms with Gasteiger partial charge in [-0.1, -0.05) is 33.1 Å². The van der Waals surface area contributed by atoms with Crippen molar-refractivity contribution in [3.05, 3.63) is 0 Å². The summed E-state index contributed by atoms with van der Waals surface area (Å²) >= 11 is 0. The number of hydrogen-bond acceptors (Lipinski definition) is 3. The second kappa shape index (κ2) is 7.46. The zero-order chi connectivity index (χ0) is 12.7. The maximum Gasteiger partial charge on any atom is 0.306 e. The first-order valence-corrected chi connectivity index (χ1v) is 6.91. The lowest BCUT2D eigenvalue weighted by Gasteiger charge is -2.18. The van der Waals surface area contributed by atoms with Crippen molar-refractivity contribution in [1.82, 2.24) is 0 Å². The fourth-order valence-corrected chi connectivity index (χ4v) is 2.41. The van der Waals surface area contributed by atoms with Crippen LogP contribution in [0.5, 0.6) is 0 Å². The molecule has 0 aromatic rings. The van der Waals surface area contributed by atoms with Crippen molar-refractivity contribution in [1.29, 1.82) is 0 Å². The molecule has 0 amide bonds. The van der Waals surface area contributed by atoms with E-state index in [1.54, 1.807) is 0 Å². The third-order valence-corrected chi connectivity index (χ3v) is 3.39. The molecular weight excluding hydrogens is 216 g/mol. The molecule has 1 fully saturated rings. The van der Waals surface area contributed by atoms with Gasteiger partial charge in [0.05, 0.1) is 5.92 Å². The topological polar surface area (TPSA) is 43.4 Å². The monoisotopic (exact) mass is 240 g/mol. The number of carbonyl (C=O) groups is 2. The standard InChI is InChI=1S/C14H24O3/c1-3-5-6-8-11-12(15)9-10-13(11)17-14(16)7-4-2/h11,13H,3-10H2,1-2H3. The number of Topliss-reactive ketones (excluding diaryl/α,β-unsaturated/α-hetero) is 1. The van der Waals surface area contributed by atoms with Crippen LogP contribution in [0, 0.1) is 5.92 Å². The van der Waals surface area contributed by atoms with E-state index in [4.69, 9.17) is 4.74 Å². The molecule has 0 N–H and O–H groups in total. The van der Waals surface area contributed by atoms with E-state index in [0.29, 0.717) is 12.8 Å². The molecule has 3 heteroatoms. The minimum atomic E-state index is -0.146. The summed E-state index contributed by atoms with van der Waals surface area (Å²) in [7, 11) is 0. The van der Waals surface area contributed by atoms with E-state index in [0.717, 1.165) is 38.5 Å². The molecule has 0 aromatic heterocycles. The predicted octanol–water partition coefficient (Wildman–Crippen LogP) is 3.26. The molecule has 2 atom stereocenters. The van der Waals surface area contributed by atoms with Crippen molar-refractivity contribution >= 4 is 11.8 Å². The van der Waals surface area contributed by atoms with Crippen molar-refractivity contribution in [3.8, 4) is 0 Å². The Morgan fingerprint density at radius 2 is 2.06 bits per heavy atom. The maximum absolute atomic E-state index is 11.7. The summed E-state index contributed by atoms with van der Waals surface area (Å²) in [6.45, 7) is 4.11. The summed E-state index contributed by atoms with van der Waals surface area (Å²) < 4.78 is 5.41. The Morgan fingerprint density at radius 3 is 2.71 bits per heavy atom. The molecule has 2 unspecified atom stereocenters. The molecule has 0 saturated heterocycles.